The molecule has 1 fully saturated rings. The van der Waals surface area contributed by atoms with Crippen molar-refractivity contribution in [3.05, 3.63) is 28.8 Å². The summed E-state index contributed by atoms with van der Waals surface area (Å²) in [6, 6.07) is 5.12. The topological polar surface area (TPSA) is 52.6 Å². The Morgan fingerprint density at radius 2 is 2.11 bits per heavy atom. The second-order valence-corrected chi connectivity index (χ2v) is 4.95. The molecule has 0 amide bonds. The number of benzene rings is 1. The molecule has 5 heteroatoms. The van der Waals surface area contributed by atoms with Gasteiger partial charge in [-0.05, 0) is 24.6 Å². The molecule has 4 nitrogen and oxygen atoms in total. The molecule has 0 unspecified atom stereocenters. The number of ether oxygens (including phenoxy) is 2. The first kappa shape index (κ1) is 13.9. The Bertz CT molecular complexity index is 516. The van der Waals surface area contributed by atoms with Gasteiger partial charge in [-0.25, -0.2) is 0 Å². The summed E-state index contributed by atoms with van der Waals surface area (Å²) in [6.45, 7) is 2.03. The zero-order valence-electron chi connectivity index (χ0n) is 10.9. The molecule has 0 radical (unpaired) electrons. The van der Waals surface area contributed by atoms with Gasteiger partial charge in [0.15, 0.2) is 0 Å². The van der Waals surface area contributed by atoms with Crippen molar-refractivity contribution >= 4 is 23.4 Å². The molecule has 0 spiro atoms. The Morgan fingerprint density at radius 3 is 2.58 bits per heavy atom. The van der Waals surface area contributed by atoms with E-state index in [-0.39, 0.29) is 24.6 Å². The average Bonchev–Trinajstić information content (AvgIpc) is 2.34. The summed E-state index contributed by atoms with van der Waals surface area (Å²) >= 11 is 6.07. The molecule has 1 aromatic rings. The van der Waals surface area contributed by atoms with Gasteiger partial charge in [0.05, 0.1) is 18.7 Å². The van der Waals surface area contributed by atoms with Crippen LogP contribution in [0.1, 0.15) is 25.3 Å². The fourth-order valence-corrected chi connectivity index (χ4v) is 2.58. The lowest BCUT2D eigenvalue weighted by Gasteiger charge is -2.38. The van der Waals surface area contributed by atoms with Crippen LogP contribution >= 0.6 is 11.6 Å². The summed E-state index contributed by atoms with van der Waals surface area (Å²) in [5.41, 5.74) is -0.167. The van der Waals surface area contributed by atoms with Crippen LogP contribution in [0.15, 0.2) is 18.2 Å². The smallest absolute Gasteiger partial charge is 0.317 e. The minimum Gasteiger partial charge on any atom is -0.495 e. The highest BCUT2D eigenvalue weighted by atomic mass is 35.5. The summed E-state index contributed by atoms with van der Waals surface area (Å²) in [5.74, 6) is 0.228. The average molecular weight is 283 g/mol. The molecule has 102 valence electrons. The molecule has 1 saturated carbocycles. The number of rotatable bonds is 4. The molecule has 0 saturated heterocycles. The maximum atomic E-state index is 12.1. The third-order valence-corrected chi connectivity index (χ3v) is 3.66. The summed E-state index contributed by atoms with van der Waals surface area (Å²) in [6.07, 6.45) is 0.350. The van der Waals surface area contributed by atoms with Gasteiger partial charge >= 0.3 is 5.97 Å². The van der Waals surface area contributed by atoms with Crippen LogP contribution in [-0.4, -0.2) is 25.5 Å². The van der Waals surface area contributed by atoms with Gasteiger partial charge in [0, 0.05) is 12.8 Å². The van der Waals surface area contributed by atoms with Gasteiger partial charge in [-0.15, -0.1) is 0 Å². The third-order valence-electron chi connectivity index (χ3n) is 3.37. The number of carbonyl (C=O) groups is 2. The molecule has 1 aliphatic rings. The zero-order valence-corrected chi connectivity index (χ0v) is 11.6. The first-order valence-electron chi connectivity index (χ1n) is 6.06. The van der Waals surface area contributed by atoms with E-state index in [1.807, 2.05) is 0 Å². The number of methoxy groups -OCH3 is 1. The van der Waals surface area contributed by atoms with Gasteiger partial charge in [-0.3, -0.25) is 9.59 Å². The van der Waals surface area contributed by atoms with Crippen molar-refractivity contribution in [2.45, 2.75) is 25.2 Å². The van der Waals surface area contributed by atoms with Crippen molar-refractivity contribution in [1.82, 2.24) is 0 Å². The van der Waals surface area contributed by atoms with Crippen molar-refractivity contribution in [1.29, 1.82) is 0 Å². The van der Waals surface area contributed by atoms with Crippen LogP contribution in [0.4, 0.5) is 0 Å². The maximum Gasteiger partial charge on any atom is 0.317 e. The first-order chi connectivity index (χ1) is 9.03. The fourth-order valence-electron chi connectivity index (χ4n) is 2.32. The highest BCUT2D eigenvalue weighted by Gasteiger charge is 2.52. The van der Waals surface area contributed by atoms with E-state index < -0.39 is 5.41 Å². The van der Waals surface area contributed by atoms with Crippen LogP contribution in [0.5, 0.6) is 5.75 Å². The first-order valence-corrected chi connectivity index (χ1v) is 6.44. The van der Waals surface area contributed by atoms with Crippen molar-refractivity contribution in [3.8, 4) is 5.75 Å². The van der Waals surface area contributed by atoms with E-state index in [9.17, 15) is 9.59 Å². The number of hydrogen-bond acceptors (Lipinski definition) is 4. The van der Waals surface area contributed by atoms with E-state index in [2.05, 4.69) is 0 Å². The second kappa shape index (κ2) is 5.21. The molecule has 2 rings (SSSR count). The van der Waals surface area contributed by atoms with Crippen molar-refractivity contribution in [3.63, 3.8) is 0 Å². The van der Waals surface area contributed by atoms with Gasteiger partial charge in [0.2, 0.25) is 0 Å². The number of ketones is 1. The Balaban J connectivity index is 2.37. The van der Waals surface area contributed by atoms with E-state index in [0.29, 0.717) is 22.9 Å². The van der Waals surface area contributed by atoms with Gasteiger partial charge in [0.1, 0.15) is 16.9 Å². The number of carbonyl (C=O) groups excluding carboxylic acids is 2. The van der Waals surface area contributed by atoms with Gasteiger partial charge < -0.3 is 9.47 Å². The lowest BCUT2D eigenvalue weighted by atomic mass is 9.63. The predicted octanol–water partition coefficient (Wildman–Crippen LogP) is 2.51. The van der Waals surface area contributed by atoms with Gasteiger partial charge in [-0.1, -0.05) is 17.7 Å². The molecule has 0 atom stereocenters. The number of Topliss-reactive ketones (excluding diaryl/α,β-unsaturated/α-hetero) is 1. The Morgan fingerprint density at radius 1 is 1.42 bits per heavy atom. The van der Waals surface area contributed by atoms with Crippen molar-refractivity contribution in [2.24, 2.45) is 0 Å². The maximum absolute atomic E-state index is 12.1. The molecule has 0 aliphatic heterocycles. The summed E-state index contributed by atoms with van der Waals surface area (Å²) in [5, 5.41) is 0.419. The van der Waals surface area contributed by atoms with Crippen LogP contribution in [-0.2, 0) is 19.7 Å². The van der Waals surface area contributed by atoms with E-state index in [1.54, 1.807) is 25.1 Å². The predicted molar refractivity (Wildman–Crippen MR) is 70.6 cm³/mol. The molecular formula is C14H15ClO4. The zero-order chi connectivity index (χ0) is 14.0. The van der Waals surface area contributed by atoms with Crippen LogP contribution in [0, 0.1) is 0 Å². The molecular weight excluding hydrogens is 268 g/mol. The fraction of sp³-hybridized carbons (Fsp3) is 0.429. The molecule has 0 N–H and O–H groups in total. The van der Waals surface area contributed by atoms with E-state index in [1.165, 1.54) is 7.11 Å². The van der Waals surface area contributed by atoms with Crippen molar-refractivity contribution < 1.29 is 19.1 Å². The standard InChI is InChI=1S/C14H15ClO4/c1-3-19-13(17)14(7-10(16)8-14)9-4-5-12(18-2)11(15)6-9/h4-6H,3,7-8H2,1-2H3. The SMILES string of the molecule is CCOC(=O)C1(c2ccc(OC)c(Cl)c2)CC(=O)C1. The third kappa shape index (κ3) is 2.32. The van der Waals surface area contributed by atoms with E-state index in [4.69, 9.17) is 21.1 Å². The van der Waals surface area contributed by atoms with Crippen LogP contribution in [0.25, 0.3) is 0 Å². The van der Waals surface area contributed by atoms with Gasteiger partial charge in [0.25, 0.3) is 0 Å². The quantitative estimate of drug-likeness (QED) is 0.796. The monoisotopic (exact) mass is 282 g/mol. The summed E-state index contributed by atoms with van der Waals surface area (Å²) in [4.78, 5) is 23.4. The van der Waals surface area contributed by atoms with E-state index >= 15 is 0 Å². The molecule has 1 aliphatic carbocycles. The van der Waals surface area contributed by atoms with Crippen molar-refractivity contribution in [2.75, 3.05) is 13.7 Å². The lowest BCUT2D eigenvalue weighted by molar-refractivity contribution is -0.158. The Kier molecular flexibility index (Phi) is 3.80. The molecule has 19 heavy (non-hydrogen) atoms. The number of esters is 1. The normalized spacial score (nSPS) is 16.7. The largest absolute Gasteiger partial charge is 0.495 e. The molecule has 0 aromatic heterocycles. The van der Waals surface area contributed by atoms with Crippen LogP contribution in [0.2, 0.25) is 5.02 Å². The molecule has 0 heterocycles. The van der Waals surface area contributed by atoms with Gasteiger partial charge in [-0.2, -0.15) is 0 Å². The Hall–Kier alpha value is -1.55. The molecule has 1 aromatic carbocycles. The van der Waals surface area contributed by atoms with E-state index in [0.717, 1.165) is 0 Å². The van der Waals surface area contributed by atoms with Crippen LogP contribution in [0.3, 0.4) is 0 Å². The minimum atomic E-state index is -0.872. The Labute approximate surface area is 116 Å². The summed E-state index contributed by atoms with van der Waals surface area (Å²) < 4.78 is 10.2. The second-order valence-electron chi connectivity index (χ2n) is 4.54. The highest BCUT2D eigenvalue weighted by Crippen LogP contribution is 2.44. The van der Waals surface area contributed by atoms with Crippen LogP contribution < -0.4 is 4.74 Å². The number of halogens is 1. The lowest BCUT2D eigenvalue weighted by Crippen LogP contribution is -2.49. The summed E-state index contributed by atoms with van der Waals surface area (Å²) in [7, 11) is 1.52. The molecule has 0 bridgehead atoms. The minimum absolute atomic E-state index is 0.0555. The highest BCUT2D eigenvalue weighted by molar-refractivity contribution is 6.32. The number of hydrogen-bond donors (Lipinski definition) is 0.